The number of sulfonamides is 1. The van der Waals surface area contributed by atoms with Gasteiger partial charge in [-0.3, -0.25) is 0 Å². The van der Waals surface area contributed by atoms with E-state index in [1.807, 2.05) is 4.83 Å². The molecule has 7 nitrogen and oxygen atoms in total. The minimum absolute atomic E-state index is 0.0421. The lowest BCUT2D eigenvalue weighted by atomic mass is 10.3. The second kappa shape index (κ2) is 5.30. The summed E-state index contributed by atoms with van der Waals surface area (Å²) in [6.45, 7) is 0. The van der Waals surface area contributed by atoms with E-state index in [1.54, 1.807) is 6.07 Å². The lowest BCUT2D eigenvalue weighted by Gasteiger charge is -2.03. The third-order valence-corrected chi connectivity index (χ3v) is 2.93. The Labute approximate surface area is 98.3 Å². The number of nitrogens with one attached hydrogen (secondary N) is 1. The highest BCUT2D eigenvalue weighted by Gasteiger charge is 2.12. The highest BCUT2D eigenvalue weighted by atomic mass is 32.2. The lowest BCUT2D eigenvalue weighted by Crippen LogP contribution is -2.19. The monoisotopic (exact) mass is 257 g/mol. The van der Waals surface area contributed by atoms with Crippen molar-refractivity contribution in [1.29, 1.82) is 0 Å². The topological polar surface area (TPSA) is 111 Å². The molecule has 92 valence electrons. The first kappa shape index (κ1) is 13.0. The summed E-state index contributed by atoms with van der Waals surface area (Å²) in [6.07, 6.45) is 0.712. The number of methoxy groups -OCH3 is 1. The van der Waals surface area contributed by atoms with Crippen LogP contribution >= 0.6 is 0 Å². The Bertz CT molecular complexity index is 539. The smallest absolute Gasteiger partial charge is 0.350 e. The first-order valence-corrected chi connectivity index (χ1v) is 5.92. The minimum atomic E-state index is -3.82. The SMILES string of the molecule is COC(=O)C=NNS(=O)(=O)c1cccc(N)c1. The number of carbonyl (C=O) groups excluding carboxylic acids is 1. The van der Waals surface area contributed by atoms with Gasteiger partial charge in [0.2, 0.25) is 0 Å². The molecule has 0 bridgehead atoms. The Hall–Kier alpha value is -2.09. The van der Waals surface area contributed by atoms with Crippen LogP contribution in [0.15, 0.2) is 34.3 Å². The highest BCUT2D eigenvalue weighted by molar-refractivity contribution is 7.89. The van der Waals surface area contributed by atoms with E-state index in [2.05, 4.69) is 9.84 Å². The zero-order chi connectivity index (χ0) is 12.9. The van der Waals surface area contributed by atoms with Crippen LogP contribution in [0.1, 0.15) is 0 Å². The van der Waals surface area contributed by atoms with E-state index < -0.39 is 16.0 Å². The van der Waals surface area contributed by atoms with Gasteiger partial charge in [-0.15, -0.1) is 0 Å². The standard InChI is InChI=1S/C9H11N3O4S/c1-16-9(13)6-11-12-17(14,15)8-4-2-3-7(10)5-8/h2-6,12H,10H2,1H3. The Balaban J connectivity index is 2.83. The van der Waals surface area contributed by atoms with Gasteiger partial charge in [-0.2, -0.15) is 18.4 Å². The van der Waals surface area contributed by atoms with Crippen LogP contribution in [0, 0.1) is 0 Å². The molecule has 0 aliphatic carbocycles. The number of carbonyl (C=O) groups is 1. The Morgan fingerprint density at radius 1 is 1.53 bits per heavy atom. The molecule has 0 atom stereocenters. The number of nitrogens with zero attached hydrogens (tertiary/aromatic N) is 1. The molecular formula is C9H11N3O4S. The summed E-state index contributed by atoms with van der Waals surface area (Å²) < 4.78 is 27.5. The van der Waals surface area contributed by atoms with Crippen LogP contribution in [-0.4, -0.2) is 27.7 Å². The maximum atomic E-state index is 11.6. The number of rotatable bonds is 4. The number of esters is 1. The van der Waals surface area contributed by atoms with Crippen molar-refractivity contribution in [2.75, 3.05) is 12.8 Å². The fourth-order valence-electron chi connectivity index (χ4n) is 0.936. The Morgan fingerprint density at radius 2 is 2.24 bits per heavy atom. The average Bonchev–Trinajstić information content (AvgIpc) is 2.28. The molecule has 0 aliphatic heterocycles. The first-order valence-electron chi connectivity index (χ1n) is 4.44. The number of benzene rings is 1. The molecule has 1 aromatic rings. The van der Waals surface area contributed by atoms with Crippen molar-refractivity contribution in [2.24, 2.45) is 5.10 Å². The molecule has 0 saturated heterocycles. The lowest BCUT2D eigenvalue weighted by molar-refractivity contribution is -0.132. The van der Waals surface area contributed by atoms with Gasteiger partial charge in [0.05, 0.1) is 12.0 Å². The number of nitrogen functional groups attached to an aromatic ring is 1. The number of hydrogen-bond acceptors (Lipinski definition) is 6. The molecule has 0 amide bonds. The summed E-state index contributed by atoms with van der Waals surface area (Å²) in [5.41, 5.74) is 5.76. The maximum Gasteiger partial charge on any atom is 0.350 e. The van der Waals surface area contributed by atoms with Crippen LogP contribution in [0.5, 0.6) is 0 Å². The van der Waals surface area contributed by atoms with E-state index in [9.17, 15) is 13.2 Å². The van der Waals surface area contributed by atoms with Gasteiger partial charge < -0.3 is 10.5 Å². The fourth-order valence-corrected chi connectivity index (χ4v) is 1.78. The van der Waals surface area contributed by atoms with Crippen LogP contribution < -0.4 is 10.6 Å². The second-order valence-electron chi connectivity index (χ2n) is 2.95. The second-order valence-corrected chi connectivity index (χ2v) is 4.61. The van der Waals surface area contributed by atoms with Crippen molar-refractivity contribution in [1.82, 2.24) is 4.83 Å². The average molecular weight is 257 g/mol. The molecule has 1 aromatic carbocycles. The van der Waals surface area contributed by atoms with Crippen LogP contribution in [0.2, 0.25) is 0 Å². The maximum absolute atomic E-state index is 11.6. The molecule has 0 heterocycles. The number of hydrazone groups is 1. The predicted octanol–water partition coefficient (Wildman–Crippen LogP) is -0.294. The normalized spacial score (nSPS) is 11.4. The van der Waals surface area contributed by atoms with E-state index in [0.717, 1.165) is 7.11 Å². The zero-order valence-electron chi connectivity index (χ0n) is 8.95. The van der Waals surface area contributed by atoms with Gasteiger partial charge in [-0.05, 0) is 18.2 Å². The van der Waals surface area contributed by atoms with Gasteiger partial charge in [0, 0.05) is 5.69 Å². The summed E-state index contributed by atoms with van der Waals surface area (Å²) >= 11 is 0. The molecule has 0 aliphatic rings. The number of nitrogens with two attached hydrogens (primary N) is 1. The van der Waals surface area contributed by atoms with Gasteiger partial charge >= 0.3 is 5.97 Å². The number of ether oxygens (including phenoxy) is 1. The summed E-state index contributed by atoms with van der Waals surface area (Å²) in [5, 5.41) is 3.24. The number of hydrogen-bond donors (Lipinski definition) is 2. The van der Waals surface area contributed by atoms with Gasteiger partial charge in [0.25, 0.3) is 10.0 Å². The Kier molecular flexibility index (Phi) is 4.05. The van der Waals surface area contributed by atoms with Gasteiger partial charge in [0.1, 0.15) is 6.21 Å². The molecule has 0 aromatic heterocycles. The van der Waals surface area contributed by atoms with Crippen LogP contribution in [0.3, 0.4) is 0 Å². The molecular weight excluding hydrogens is 246 g/mol. The van der Waals surface area contributed by atoms with Crippen molar-refractivity contribution in [3.63, 3.8) is 0 Å². The van der Waals surface area contributed by atoms with Crippen molar-refractivity contribution in [3.05, 3.63) is 24.3 Å². The van der Waals surface area contributed by atoms with Gasteiger partial charge in [-0.25, -0.2) is 4.79 Å². The molecule has 0 unspecified atom stereocenters. The highest BCUT2D eigenvalue weighted by Crippen LogP contribution is 2.12. The largest absolute Gasteiger partial charge is 0.465 e. The van der Waals surface area contributed by atoms with Crippen molar-refractivity contribution in [2.45, 2.75) is 4.90 Å². The van der Waals surface area contributed by atoms with Gasteiger partial charge in [-0.1, -0.05) is 6.07 Å². The molecule has 17 heavy (non-hydrogen) atoms. The molecule has 0 fully saturated rings. The molecule has 0 saturated carbocycles. The molecule has 8 heteroatoms. The number of anilines is 1. The molecule has 0 radical (unpaired) electrons. The third kappa shape index (κ3) is 3.76. The summed E-state index contributed by atoms with van der Waals surface area (Å²) in [5.74, 6) is -0.764. The molecule has 1 rings (SSSR count). The zero-order valence-corrected chi connectivity index (χ0v) is 9.77. The quantitative estimate of drug-likeness (QED) is 0.333. The van der Waals surface area contributed by atoms with Crippen LogP contribution in [0.25, 0.3) is 0 Å². The minimum Gasteiger partial charge on any atom is -0.465 e. The first-order chi connectivity index (χ1) is 7.95. The van der Waals surface area contributed by atoms with Crippen molar-refractivity contribution >= 4 is 27.9 Å². The fraction of sp³-hybridized carbons (Fsp3) is 0.111. The molecule has 3 N–H and O–H groups in total. The summed E-state index contributed by atoms with van der Waals surface area (Å²) in [7, 11) is -2.67. The van der Waals surface area contributed by atoms with Crippen molar-refractivity contribution in [3.8, 4) is 0 Å². The van der Waals surface area contributed by atoms with E-state index in [4.69, 9.17) is 5.73 Å². The predicted molar refractivity (Wildman–Crippen MR) is 61.7 cm³/mol. The Morgan fingerprint density at radius 3 is 2.82 bits per heavy atom. The van der Waals surface area contributed by atoms with Gasteiger partial charge in [0.15, 0.2) is 0 Å². The van der Waals surface area contributed by atoms with E-state index >= 15 is 0 Å². The van der Waals surface area contributed by atoms with E-state index in [1.165, 1.54) is 18.2 Å². The molecule has 0 spiro atoms. The van der Waals surface area contributed by atoms with E-state index in [-0.39, 0.29) is 4.90 Å². The van der Waals surface area contributed by atoms with Crippen LogP contribution in [-0.2, 0) is 19.6 Å². The van der Waals surface area contributed by atoms with Crippen molar-refractivity contribution < 1.29 is 17.9 Å². The summed E-state index contributed by atoms with van der Waals surface area (Å²) in [6, 6.07) is 5.67. The third-order valence-electron chi connectivity index (χ3n) is 1.71. The summed E-state index contributed by atoms with van der Waals surface area (Å²) in [4.78, 5) is 12.5. The van der Waals surface area contributed by atoms with Crippen LogP contribution in [0.4, 0.5) is 5.69 Å². The van der Waals surface area contributed by atoms with E-state index in [0.29, 0.717) is 11.9 Å².